The zero-order valence-electron chi connectivity index (χ0n) is 14.0. The molecule has 1 saturated heterocycles. The molecular formula is C19H22N2O2S. The monoisotopic (exact) mass is 342 g/mol. The largest absolute Gasteiger partial charge is 0.337 e. The molecule has 126 valence electrons. The minimum absolute atomic E-state index is 0.00179. The molecule has 1 N–H and O–H groups in total. The molecule has 0 saturated carbocycles. The van der Waals surface area contributed by atoms with Gasteiger partial charge in [0, 0.05) is 18.8 Å². The maximum Gasteiger partial charge on any atom is 0.263 e. The van der Waals surface area contributed by atoms with Gasteiger partial charge in [0.15, 0.2) is 0 Å². The quantitative estimate of drug-likeness (QED) is 0.921. The number of thiophene rings is 1. The highest BCUT2D eigenvalue weighted by Crippen LogP contribution is 2.22. The number of nitrogens with one attached hydrogen (secondary N) is 1. The molecule has 3 rings (SSSR count). The summed E-state index contributed by atoms with van der Waals surface area (Å²) in [6.45, 7) is 5.31. The predicted molar refractivity (Wildman–Crippen MR) is 97.5 cm³/mol. The minimum atomic E-state index is -0.149. The molecule has 0 spiro atoms. The number of carbonyl (C=O) groups excluding carboxylic acids is 2. The first-order valence-corrected chi connectivity index (χ1v) is 9.13. The molecular weight excluding hydrogens is 320 g/mol. The highest BCUT2D eigenvalue weighted by Gasteiger charge is 2.29. The molecule has 0 bridgehead atoms. The van der Waals surface area contributed by atoms with Crippen LogP contribution in [0.5, 0.6) is 0 Å². The van der Waals surface area contributed by atoms with Crippen LogP contribution in [0.1, 0.15) is 33.6 Å². The molecule has 0 radical (unpaired) electrons. The van der Waals surface area contributed by atoms with Crippen LogP contribution in [0.2, 0.25) is 0 Å². The van der Waals surface area contributed by atoms with E-state index in [0.717, 1.165) is 35.5 Å². The molecule has 2 aromatic rings. The molecule has 1 aromatic carbocycles. The zero-order valence-corrected chi connectivity index (χ0v) is 14.9. The Morgan fingerprint density at radius 3 is 2.75 bits per heavy atom. The Hall–Kier alpha value is -2.14. The van der Waals surface area contributed by atoms with E-state index in [-0.39, 0.29) is 17.7 Å². The Bertz CT molecular complexity index is 740. The van der Waals surface area contributed by atoms with Crippen molar-refractivity contribution in [3.05, 3.63) is 51.7 Å². The third-order valence-corrected chi connectivity index (χ3v) is 5.44. The van der Waals surface area contributed by atoms with E-state index in [2.05, 4.69) is 12.2 Å². The molecule has 1 aliphatic rings. The lowest BCUT2D eigenvalue weighted by molar-refractivity contribution is -0.121. The van der Waals surface area contributed by atoms with E-state index in [1.165, 1.54) is 16.9 Å². The van der Waals surface area contributed by atoms with Crippen molar-refractivity contribution >= 4 is 28.8 Å². The van der Waals surface area contributed by atoms with E-state index in [0.29, 0.717) is 6.54 Å². The molecule has 2 heterocycles. The highest BCUT2D eigenvalue weighted by atomic mass is 32.1. The number of piperidine rings is 1. The second-order valence-corrected chi connectivity index (χ2v) is 7.30. The lowest BCUT2D eigenvalue weighted by Crippen LogP contribution is -2.43. The molecule has 24 heavy (non-hydrogen) atoms. The lowest BCUT2D eigenvalue weighted by atomic mass is 9.96. The van der Waals surface area contributed by atoms with Gasteiger partial charge in [-0.25, -0.2) is 0 Å². The standard InChI is InChI=1S/C19H22N2O2S/c1-13-7-8-16(11-14(13)2)20-18(22)15-5-3-9-21(12-15)19(23)17-6-4-10-24-17/h4,6-8,10-11,15H,3,5,9,12H2,1-2H3,(H,20,22). The number of amides is 2. The molecule has 5 heteroatoms. The first-order valence-electron chi connectivity index (χ1n) is 8.25. The second kappa shape index (κ2) is 7.18. The van der Waals surface area contributed by atoms with E-state index in [1.54, 1.807) is 4.90 Å². The van der Waals surface area contributed by atoms with Gasteiger partial charge in [-0.15, -0.1) is 11.3 Å². The van der Waals surface area contributed by atoms with Gasteiger partial charge in [-0.2, -0.15) is 0 Å². The van der Waals surface area contributed by atoms with Gasteiger partial charge in [-0.05, 0) is 61.4 Å². The number of nitrogens with zero attached hydrogens (tertiary/aromatic N) is 1. The van der Waals surface area contributed by atoms with Gasteiger partial charge >= 0.3 is 0 Å². The van der Waals surface area contributed by atoms with Gasteiger partial charge in [0.05, 0.1) is 10.8 Å². The van der Waals surface area contributed by atoms with Crippen molar-refractivity contribution in [2.75, 3.05) is 18.4 Å². The summed E-state index contributed by atoms with van der Waals surface area (Å²) in [4.78, 5) is 27.6. The summed E-state index contributed by atoms with van der Waals surface area (Å²) < 4.78 is 0. The van der Waals surface area contributed by atoms with Crippen molar-refractivity contribution in [2.45, 2.75) is 26.7 Å². The van der Waals surface area contributed by atoms with Crippen LogP contribution in [0.25, 0.3) is 0 Å². The van der Waals surface area contributed by atoms with E-state index < -0.39 is 0 Å². The highest BCUT2D eigenvalue weighted by molar-refractivity contribution is 7.12. The fourth-order valence-electron chi connectivity index (χ4n) is 3.00. The topological polar surface area (TPSA) is 49.4 Å². The molecule has 1 atom stereocenters. The average molecular weight is 342 g/mol. The SMILES string of the molecule is Cc1ccc(NC(=O)C2CCCN(C(=O)c3cccs3)C2)cc1C. The molecule has 0 aliphatic carbocycles. The van der Waals surface area contributed by atoms with E-state index in [4.69, 9.17) is 0 Å². The summed E-state index contributed by atoms with van der Waals surface area (Å²) in [7, 11) is 0. The molecule has 2 amide bonds. The minimum Gasteiger partial charge on any atom is -0.337 e. The van der Waals surface area contributed by atoms with Crippen LogP contribution in [0.3, 0.4) is 0 Å². The van der Waals surface area contributed by atoms with Crippen LogP contribution in [0.4, 0.5) is 5.69 Å². The summed E-state index contributed by atoms with van der Waals surface area (Å²) in [5.41, 5.74) is 3.19. The number of rotatable bonds is 3. The molecule has 1 aliphatic heterocycles. The van der Waals surface area contributed by atoms with Gasteiger partial charge in [0.25, 0.3) is 5.91 Å². The fraction of sp³-hybridized carbons (Fsp3) is 0.368. The van der Waals surface area contributed by atoms with Gasteiger partial charge in [0.2, 0.25) is 5.91 Å². The molecule has 1 fully saturated rings. The normalized spacial score (nSPS) is 17.6. The third-order valence-electron chi connectivity index (χ3n) is 4.59. The Kier molecular flexibility index (Phi) is 5.00. The lowest BCUT2D eigenvalue weighted by Gasteiger charge is -2.31. The Labute approximate surface area is 146 Å². The maximum atomic E-state index is 12.6. The van der Waals surface area contributed by atoms with Crippen molar-refractivity contribution in [3.63, 3.8) is 0 Å². The summed E-state index contributed by atoms with van der Waals surface area (Å²) in [5, 5.41) is 4.90. The van der Waals surface area contributed by atoms with Crippen molar-refractivity contribution < 1.29 is 9.59 Å². The first kappa shape index (κ1) is 16.7. The Balaban J connectivity index is 1.64. The summed E-state index contributed by atoms with van der Waals surface area (Å²) in [6, 6.07) is 9.65. The Morgan fingerprint density at radius 2 is 2.04 bits per heavy atom. The second-order valence-electron chi connectivity index (χ2n) is 6.36. The zero-order chi connectivity index (χ0) is 17.1. The number of carbonyl (C=O) groups is 2. The van der Waals surface area contributed by atoms with Crippen molar-refractivity contribution in [3.8, 4) is 0 Å². The van der Waals surface area contributed by atoms with Gasteiger partial charge in [0.1, 0.15) is 0 Å². The summed E-state index contributed by atoms with van der Waals surface area (Å²) in [6.07, 6.45) is 1.69. The smallest absolute Gasteiger partial charge is 0.263 e. The number of likely N-dealkylation sites (tertiary alicyclic amines) is 1. The van der Waals surface area contributed by atoms with Crippen LogP contribution in [0, 0.1) is 19.8 Å². The average Bonchev–Trinajstić information content (AvgIpc) is 3.12. The van der Waals surface area contributed by atoms with Crippen molar-refractivity contribution in [1.29, 1.82) is 0 Å². The van der Waals surface area contributed by atoms with E-state index >= 15 is 0 Å². The number of benzene rings is 1. The van der Waals surface area contributed by atoms with Crippen molar-refractivity contribution in [1.82, 2.24) is 4.90 Å². The van der Waals surface area contributed by atoms with Crippen LogP contribution in [-0.2, 0) is 4.79 Å². The first-order chi connectivity index (χ1) is 11.5. The fourth-order valence-corrected chi connectivity index (χ4v) is 3.69. The van der Waals surface area contributed by atoms with Gasteiger partial charge < -0.3 is 10.2 Å². The Morgan fingerprint density at radius 1 is 1.21 bits per heavy atom. The van der Waals surface area contributed by atoms with Gasteiger partial charge in [-0.1, -0.05) is 12.1 Å². The van der Waals surface area contributed by atoms with Gasteiger partial charge in [-0.3, -0.25) is 9.59 Å². The summed E-state index contributed by atoms with van der Waals surface area (Å²) >= 11 is 1.45. The van der Waals surface area contributed by atoms with Crippen LogP contribution >= 0.6 is 11.3 Å². The van der Waals surface area contributed by atoms with E-state index in [9.17, 15) is 9.59 Å². The number of anilines is 1. The number of aryl methyl sites for hydroxylation is 2. The molecule has 4 nitrogen and oxygen atoms in total. The maximum absolute atomic E-state index is 12.6. The van der Waals surface area contributed by atoms with Crippen LogP contribution < -0.4 is 5.32 Å². The van der Waals surface area contributed by atoms with E-state index in [1.807, 2.05) is 42.6 Å². The number of hydrogen-bond donors (Lipinski definition) is 1. The predicted octanol–water partition coefficient (Wildman–Crippen LogP) is 3.86. The molecule has 1 unspecified atom stereocenters. The summed E-state index contributed by atoms with van der Waals surface area (Å²) in [5.74, 6) is -0.111. The third kappa shape index (κ3) is 3.67. The number of hydrogen-bond acceptors (Lipinski definition) is 3. The molecule has 1 aromatic heterocycles. The van der Waals surface area contributed by atoms with Crippen molar-refractivity contribution in [2.24, 2.45) is 5.92 Å². The van der Waals surface area contributed by atoms with Crippen LogP contribution in [-0.4, -0.2) is 29.8 Å². The van der Waals surface area contributed by atoms with Crippen LogP contribution in [0.15, 0.2) is 35.7 Å².